The van der Waals surface area contributed by atoms with Crippen molar-refractivity contribution >= 4 is 43.4 Å². The second-order valence-electron chi connectivity index (χ2n) is 8.34. The molecule has 10 heteroatoms. The smallest absolute Gasteiger partial charge is 0.395 e. The monoisotopic (exact) mass is 438 g/mol. The summed E-state index contributed by atoms with van der Waals surface area (Å²) in [6, 6.07) is 3.24. The zero-order valence-corrected chi connectivity index (χ0v) is 19.2. The molecule has 1 aromatic heterocycles. The average molecular weight is 439 g/mol. The Morgan fingerprint density at radius 3 is 2.52 bits per heavy atom. The maximum absolute atomic E-state index is 12.6. The maximum Gasteiger partial charge on any atom is 0.395 e. The fourth-order valence-electron chi connectivity index (χ4n) is 2.60. The van der Waals surface area contributed by atoms with Gasteiger partial charge in [-0.15, -0.1) is 0 Å². The summed E-state index contributed by atoms with van der Waals surface area (Å²) in [6.07, 6.45) is 2.45. The van der Waals surface area contributed by atoms with Gasteiger partial charge in [0.25, 0.3) is 5.91 Å². The number of amides is 1. The summed E-state index contributed by atoms with van der Waals surface area (Å²) in [7, 11) is -2.18. The Bertz CT molecular complexity index is 796. The van der Waals surface area contributed by atoms with Gasteiger partial charge in [-0.2, -0.15) is 5.06 Å². The molecule has 158 valence electrons. The molecule has 8 nitrogen and oxygen atoms in total. The average Bonchev–Trinajstić information content (AvgIpc) is 2.64. The summed E-state index contributed by atoms with van der Waals surface area (Å²) < 4.78 is 6.32. The second kappa shape index (κ2) is 8.76. The molecule has 1 aromatic rings. The topological polar surface area (TPSA) is 103 Å². The van der Waals surface area contributed by atoms with E-state index in [2.05, 4.69) is 38.8 Å². The van der Waals surface area contributed by atoms with E-state index in [1.165, 1.54) is 6.20 Å². The van der Waals surface area contributed by atoms with Crippen LogP contribution in [0.2, 0.25) is 18.1 Å². The highest BCUT2D eigenvalue weighted by Crippen LogP contribution is 2.43. The highest BCUT2D eigenvalue weighted by Gasteiger charge is 2.56. The fourth-order valence-corrected chi connectivity index (χ4v) is 5.24. The number of carbonyl (C=O) groups excluding carboxylic acids is 4. The van der Waals surface area contributed by atoms with E-state index in [1.807, 2.05) is 0 Å². The minimum Gasteiger partial charge on any atom is -0.413 e. The van der Waals surface area contributed by atoms with Gasteiger partial charge in [-0.3, -0.25) is 19.4 Å². The van der Waals surface area contributed by atoms with Crippen molar-refractivity contribution in [1.82, 2.24) is 10.0 Å². The van der Waals surface area contributed by atoms with Crippen molar-refractivity contribution in [2.45, 2.75) is 57.3 Å². The zero-order chi connectivity index (χ0) is 22.0. The number of aromatic nitrogens is 1. The molecule has 1 aliphatic heterocycles. The Labute approximate surface area is 175 Å². The molecule has 1 amide bonds. The van der Waals surface area contributed by atoms with Crippen LogP contribution in [0.5, 0.6) is 0 Å². The zero-order valence-electron chi connectivity index (χ0n) is 17.4. The first-order chi connectivity index (χ1) is 13.4. The van der Waals surface area contributed by atoms with Crippen LogP contribution in [-0.4, -0.2) is 53.1 Å². The van der Waals surface area contributed by atoms with Crippen molar-refractivity contribution in [1.29, 1.82) is 0 Å². The Morgan fingerprint density at radius 2 is 2.00 bits per heavy atom. The summed E-state index contributed by atoms with van der Waals surface area (Å²) in [4.78, 5) is 56.0. The first kappa shape index (κ1) is 23.2. The van der Waals surface area contributed by atoms with E-state index in [1.54, 1.807) is 25.3 Å². The molecule has 29 heavy (non-hydrogen) atoms. The van der Waals surface area contributed by atoms with E-state index >= 15 is 0 Å². The van der Waals surface area contributed by atoms with E-state index in [9.17, 15) is 19.2 Å². The summed E-state index contributed by atoms with van der Waals surface area (Å²) in [6.45, 7) is 12.2. The molecule has 3 atom stereocenters. The Kier molecular flexibility index (Phi) is 7.02. The Morgan fingerprint density at radius 1 is 1.34 bits per heavy atom. The molecule has 1 aliphatic rings. The van der Waals surface area contributed by atoms with Crippen LogP contribution in [0.3, 0.4) is 0 Å². The molecular weight excluding hydrogens is 412 g/mol. The van der Waals surface area contributed by atoms with Crippen molar-refractivity contribution < 1.29 is 28.4 Å². The minimum atomic E-state index is -2.18. The molecule has 1 saturated heterocycles. The molecule has 0 N–H and O–H groups in total. The molecule has 0 saturated carbocycles. The van der Waals surface area contributed by atoms with Crippen molar-refractivity contribution in [2.24, 2.45) is 5.92 Å². The lowest BCUT2D eigenvalue weighted by Gasteiger charge is -2.48. The van der Waals surface area contributed by atoms with Gasteiger partial charge < -0.3 is 9.26 Å². The number of pyridine rings is 1. The van der Waals surface area contributed by atoms with Gasteiger partial charge in [-0.05, 0) is 37.2 Å². The van der Waals surface area contributed by atoms with Crippen LogP contribution in [0.25, 0.3) is 0 Å². The van der Waals surface area contributed by atoms with Crippen LogP contribution in [0.15, 0.2) is 24.5 Å². The summed E-state index contributed by atoms with van der Waals surface area (Å²) in [5.74, 6) is -2.38. The number of hydroxylamine groups is 2. The molecule has 1 fully saturated rings. The lowest BCUT2D eigenvalue weighted by atomic mass is 9.95. The molecule has 0 aromatic carbocycles. The number of hydrogen-bond acceptors (Lipinski definition) is 8. The van der Waals surface area contributed by atoms with E-state index in [0.29, 0.717) is 5.56 Å². The quantitative estimate of drug-likeness (QED) is 0.277. The van der Waals surface area contributed by atoms with Crippen molar-refractivity contribution in [3.63, 3.8) is 0 Å². The van der Waals surface area contributed by atoms with Gasteiger partial charge >= 0.3 is 5.97 Å². The van der Waals surface area contributed by atoms with Crippen molar-refractivity contribution in [3.8, 4) is 0 Å². The number of thioether (sulfide) groups is 1. The van der Waals surface area contributed by atoms with Crippen LogP contribution < -0.4 is 0 Å². The van der Waals surface area contributed by atoms with Crippen LogP contribution in [0.1, 0.15) is 38.1 Å². The van der Waals surface area contributed by atoms with Gasteiger partial charge in [0.05, 0.1) is 12.0 Å². The SMILES string of the molecule is C[C@@H](O[Si](C)(C)C(C)(C)C)[C@H]1C(=O)N(OC(=O)C=O)[C@@H]1SC(=O)c1cccnc1. The van der Waals surface area contributed by atoms with Gasteiger partial charge in [-0.1, -0.05) is 32.5 Å². The molecule has 0 radical (unpaired) electrons. The molecular formula is C19H26N2O6SSi. The summed E-state index contributed by atoms with van der Waals surface area (Å²) in [5.41, 5.74) is 0.357. The lowest BCUT2D eigenvalue weighted by molar-refractivity contribution is -0.229. The van der Waals surface area contributed by atoms with Crippen LogP contribution in [0.4, 0.5) is 0 Å². The molecule has 0 unspecified atom stereocenters. The second-order valence-corrected chi connectivity index (χ2v) is 14.2. The van der Waals surface area contributed by atoms with Gasteiger partial charge in [0, 0.05) is 18.0 Å². The number of aldehydes is 1. The number of rotatable bonds is 7. The summed E-state index contributed by atoms with van der Waals surface area (Å²) in [5, 5.41) is -0.399. The van der Waals surface area contributed by atoms with Crippen LogP contribution in [-0.2, 0) is 23.6 Å². The first-order valence-corrected chi connectivity index (χ1v) is 13.0. The van der Waals surface area contributed by atoms with E-state index in [-0.39, 0.29) is 16.4 Å². The Hall–Kier alpha value is -2.04. The number of hydrogen-bond donors (Lipinski definition) is 0. The van der Waals surface area contributed by atoms with Crippen LogP contribution >= 0.6 is 11.8 Å². The van der Waals surface area contributed by atoms with E-state index < -0.39 is 37.6 Å². The molecule has 0 bridgehead atoms. The molecule has 0 spiro atoms. The Balaban J connectivity index is 2.22. The van der Waals surface area contributed by atoms with E-state index in [4.69, 9.17) is 9.26 Å². The molecule has 0 aliphatic carbocycles. The minimum absolute atomic E-state index is 0.0270. The third kappa shape index (κ3) is 5.12. The van der Waals surface area contributed by atoms with Crippen molar-refractivity contribution in [2.75, 3.05) is 0 Å². The third-order valence-electron chi connectivity index (χ3n) is 5.24. The standard InChI is InChI=1S/C19H26N2O6SSi/c1-12(27-29(5,6)19(2,3)4)15-16(24)21(26-14(23)11-22)17(15)28-18(25)13-8-7-9-20-10-13/h7-12,15,17H,1-6H3/t12-,15+,17-/m1/s1. The van der Waals surface area contributed by atoms with Gasteiger partial charge in [0.15, 0.2) is 8.32 Å². The normalized spacial score (nSPS) is 20.6. The van der Waals surface area contributed by atoms with Crippen LogP contribution in [0, 0.1) is 5.92 Å². The van der Waals surface area contributed by atoms with Gasteiger partial charge in [0.2, 0.25) is 11.4 Å². The number of nitrogens with zero attached hydrogens (tertiary/aromatic N) is 2. The van der Waals surface area contributed by atoms with Gasteiger partial charge in [0.1, 0.15) is 5.37 Å². The van der Waals surface area contributed by atoms with Gasteiger partial charge in [-0.25, -0.2) is 4.79 Å². The number of β-lactam (4-membered cyclic amide) rings is 1. The van der Waals surface area contributed by atoms with E-state index in [0.717, 1.165) is 16.8 Å². The first-order valence-electron chi connectivity index (χ1n) is 9.18. The molecule has 2 heterocycles. The third-order valence-corrected chi connectivity index (χ3v) is 11.0. The predicted molar refractivity (Wildman–Crippen MR) is 110 cm³/mol. The number of carbonyl (C=O) groups is 4. The fraction of sp³-hybridized carbons (Fsp3) is 0.526. The predicted octanol–water partition coefficient (Wildman–Crippen LogP) is 2.81. The maximum atomic E-state index is 12.6. The lowest BCUT2D eigenvalue weighted by Crippen LogP contribution is -2.64. The highest BCUT2D eigenvalue weighted by atomic mass is 32.2. The largest absolute Gasteiger partial charge is 0.413 e. The summed E-state index contributed by atoms with van der Waals surface area (Å²) >= 11 is 0.842. The molecule has 2 rings (SSSR count). The highest BCUT2D eigenvalue weighted by molar-refractivity contribution is 8.14. The van der Waals surface area contributed by atoms with Crippen molar-refractivity contribution in [3.05, 3.63) is 30.1 Å².